The molecule has 2 rings (SSSR count). The Hall–Kier alpha value is -2.47. The summed E-state index contributed by atoms with van der Waals surface area (Å²) in [6.45, 7) is 4.48. The van der Waals surface area contributed by atoms with Crippen LogP contribution in [0.15, 0.2) is 41.3 Å². The summed E-state index contributed by atoms with van der Waals surface area (Å²) in [6, 6.07) is 9.01. The van der Waals surface area contributed by atoms with Crippen molar-refractivity contribution in [3.05, 3.63) is 52.4 Å². The van der Waals surface area contributed by atoms with Gasteiger partial charge >= 0.3 is 0 Å². The Kier molecular flexibility index (Phi) is 7.53. The summed E-state index contributed by atoms with van der Waals surface area (Å²) in [5, 5.41) is 0. The third-order valence-electron chi connectivity index (χ3n) is 4.05. The van der Waals surface area contributed by atoms with Gasteiger partial charge in [0.1, 0.15) is 18.1 Å². The van der Waals surface area contributed by atoms with E-state index >= 15 is 0 Å². The van der Waals surface area contributed by atoms with Crippen LogP contribution in [0, 0.1) is 6.92 Å². The van der Waals surface area contributed by atoms with Crippen LogP contribution in [0.25, 0.3) is 0 Å². The molecule has 0 aliphatic heterocycles. The van der Waals surface area contributed by atoms with Crippen LogP contribution in [0.1, 0.15) is 12.1 Å². The molecule has 0 aliphatic rings. The lowest BCUT2D eigenvalue weighted by Gasteiger charge is -2.16. The lowest BCUT2D eigenvalue weighted by molar-refractivity contribution is 0.270. The van der Waals surface area contributed by atoms with Gasteiger partial charge in [0.2, 0.25) is 5.43 Å². The molecular formula is C20H28N2O4. The lowest BCUT2D eigenvalue weighted by Crippen LogP contribution is -2.20. The fraction of sp³-hybridized carbons (Fsp3) is 0.450. The van der Waals surface area contributed by atoms with Gasteiger partial charge < -0.3 is 23.7 Å². The predicted molar refractivity (Wildman–Crippen MR) is 103 cm³/mol. The molecule has 0 aliphatic carbocycles. The smallest absolute Gasteiger partial charge is 0.223 e. The van der Waals surface area contributed by atoms with Crippen molar-refractivity contribution >= 4 is 0 Å². The van der Waals surface area contributed by atoms with Gasteiger partial charge in [-0.3, -0.25) is 4.79 Å². The predicted octanol–water partition coefficient (Wildman–Crippen LogP) is 2.57. The minimum atomic E-state index is -0.0836. The SMILES string of the molecule is COc1ccc(OCCn2ccc(=O)c(OCCCN(C)C)c2C)cc1. The van der Waals surface area contributed by atoms with Crippen molar-refractivity contribution in [2.45, 2.75) is 19.9 Å². The van der Waals surface area contributed by atoms with Gasteiger partial charge in [-0.2, -0.15) is 0 Å². The molecule has 1 aromatic carbocycles. The Labute approximate surface area is 154 Å². The lowest BCUT2D eigenvalue weighted by atomic mass is 10.3. The summed E-state index contributed by atoms with van der Waals surface area (Å²) in [4.78, 5) is 14.2. The van der Waals surface area contributed by atoms with Crippen LogP contribution < -0.4 is 19.6 Å². The van der Waals surface area contributed by atoms with Crippen LogP contribution in [-0.2, 0) is 6.54 Å². The van der Waals surface area contributed by atoms with E-state index in [1.807, 2.05) is 49.9 Å². The number of rotatable bonds is 10. The quantitative estimate of drug-likeness (QED) is 0.610. The van der Waals surface area contributed by atoms with Gasteiger partial charge in [0.15, 0.2) is 5.75 Å². The maximum Gasteiger partial charge on any atom is 0.223 e. The maximum absolute atomic E-state index is 12.1. The van der Waals surface area contributed by atoms with Crippen molar-refractivity contribution in [3.8, 4) is 17.2 Å². The highest BCUT2D eigenvalue weighted by Crippen LogP contribution is 2.17. The first-order chi connectivity index (χ1) is 12.5. The number of nitrogens with zero attached hydrogens (tertiary/aromatic N) is 2. The molecule has 0 radical (unpaired) electrons. The number of hydrogen-bond donors (Lipinski definition) is 0. The molecule has 0 amide bonds. The van der Waals surface area contributed by atoms with E-state index in [2.05, 4.69) is 4.90 Å². The molecule has 26 heavy (non-hydrogen) atoms. The molecule has 0 atom stereocenters. The van der Waals surface area contributed by atoms with Crippen LogP contribution in [0.4, 0.5) is 0 Å². The summed E-state index contributed by atoms with van der Waals surface area (Å²) in [6.07, 6.45) is 2.66. The van der Waals surface area contributed by atoms with Crippen molar-refractivity contribution in [1.29, 1.82) is 0 Å². The van der Waals surface area contributed by atoms with Crippen LogP contribution in [0.3, 0.4) is 0 Å². The summed E-state index contributed by atoms with van der Waals surface area (Å²) in [5.41, 5.74) is 0.736. The van der Waals surface area contributed by atoms with Crippen molar-refractivity contribution in [2.24, 2.45) is 0 Å². The molecule has 0 fully saturated rings. The van der Waals surface area contributed by atoms with Gasteiger partial charge in [-0.25, -0.2) is 0 Å². The van der Waals surface area contributed by atoms with E-state index in [0.717, 1.165) is 30.2 Å². The number of methoxy groups -OCH3 is 1. The van der Waals surface area contributed by atoms with Gasteiger partial charge in [-0.05, 0) is 51.7 Å². The zero-order valence-electron chi connectivity index (χ0n) is 16.0. The molecule has 0 unspecified atom stereocenters. The first-order valence-corrected chi connectivity index (χ1v) is 8.75. The van der Waals surface area contributed by atoms with Gasteiger partial charge in [0, 0.05) is 18.8 Å². The molecule has 0 spiro atoms. The third-order valence-corrected chi connectivity index (χ3v) is 4.05. The van der Waals surface area contributed by atoms with E-state index in [-0.39, 0.29) is 5.43 Å². The standard InChI is InChI=1S/C20H28N2O4/c1-16-20(26-14-5-11-21(2)3)19(23)10-12-22(16)13-15-25-18-8-6-17(24-4)7-9-18/h6-10,12H,5,11,13-15H2,1-4H3. The highest BCUT2D eigenvalue weighted by Gasteiger charge is 2.09. The van der Waals surface area contributed by atoms with E-state index in [0.29, 0.717) is 25.5 Å². The number of hydrogen-bond acceptors (Lipinski definition) is 5. The first-order valence-electron chi connectivity index (χ1n) is 8.75. The molecule has 6 nitrogen and oxygen atoms in total. The van der Waals surface area contributed by atoms with E-state index in [1.165, 1.54) is 0 Å². The number of pyridine rings is 1. The second kappa shape index (κ2) is 9.87. The molecule has 1 heterocycles. The fourth-order valence-corrected chi connectivity index (χ4v) is 2.56. The van der Waals surface area contributed by atoms with E-state index in [1.54, 1.807) is 19.4 Å². The van der Waals surface area contributed by atoms with Gasteiger partial charge in [-0.15, -0.1) is 0 Å². The largest absolute Gasteiger partial charge is 0.497 e. The third kappa shape index (κ3) is 5.81. The molecule has 142 valence electrons. The highest BCUT2D eigenvalue weighted by atomic mass is 16.5. The Balaban J connectivity index is 1.92. The Morgan fingerprint density at radius 2 is 1.69 bits per heavy atom. The topological polar surface area (TPSA) is 52.9 Å². The Bertz CT molecular complexity index is 738. The molecule has 0 N–H and O–H groups in total. The second-order valence-electron chi connectivity index (χ2n) is 6.32. The Morgan fingerprint density at radius 3 is 2.35 bits per heavy atom. The summed E-state index contributed by atoms with van der Waals surface area (Å²) in [5.74, 6) is 2.00. The Morgan fingerprint density at radius 1 is 1.00 bits per heavy atom. The second-order valence-corrected chi connectivity index (χ2v) is 6.32. The normalized spacial score (nSPS) is 10.8. The summed E-state index contributed by atoms with van der Waals surface area (Å²) in [7, 11) is 5.67. The molecule has 6 heteroatoms. The average Bonchev–Trinajstić information content (AvgIpc) is 2.63. The minimum absolute atomic E-state index is 0.0836. The molecular weight excluding hydrogens is 332 g/mol. The molecule has 0 saturated carbocycles. The minimum Gasteiger partial charge on any atom is -0.497 e. The maximum atomic E-state index is 12.1. The van der Waals surface area contributed by atoms with Crippen LogP contribution in [0.5, 0.6) is 17.2 Å². The van der Waals surface area contributed by atoms with Crippen molar-refractivity contribution in [3.63, 3.8) is 0 Å². The molecule has 2 aromatic rings. The molecule has 1 aromatic heterocycles. The van der Waals surface area contributed by atoms with Crippen LogP contribution >= 0.6 is 0 Å². The van der Waals surface area contributed by atoms with Gasteiger partial charge in [-0.1, -0.05) is 0 Å². The van der Waals surface area contributed by atoms with Crippen molar-refractivity contribution in [1.82, 2.24) is 9.47 Å². The van der Waals surface area contributed by atoms with Gasteiger partial charge in [0.05, 0.1) is 26.0 Å². The highest BCUT2D eigenvalue weighted by molar-refractivity contribution is 5.31. The summed E-state index contributed by atoms with van der Waals surface area (Å²) < 4.78 is 18.6. The number of ether oxygens (including phenoxy) is 3. The van der Waals surface area contributed by atoms with Crippen LogP contribution in [0.2, 0.25) is 0 Å². The first kappa shape index (κ1) is 19.8. The zero-order valence-corrected chi connectivity index (χ0v) is 16.0. The van der Waals surface area contributed by atoms with E-state index < -0.39 is 0 Å². The summed E-state index contributed by atoms with van der Waals surface area (Å²) >= 11 is 0. The fourth-order valence-electron chi connectivity index (χ4n) is 2.56. The number of benzene rings is 1. The zero-order chi connectivity index (χ0) is 18.9. The van der Waals surface area contributed by atoms with E-state index in [4.69, 9.17) is 14.2 Å². The average molecular weight is 360 g/mol. The van der Waals surface area contributed by atoms with Crippen molar-refractivity contribution < 1.29 is 14.2 Å². The molecule has 0 saturated heterocycles. The van der Waals surface area contributed by atoms with Crippen LogP contribution in [-0.4, -0.2) is 50.4 Å². The monoisotopic (exact) mass is 360 g/mol. The van der Waals surface area contributed by atoms with E-state index in [9.17, 15) is 4.79 Å². The van der Waals surface area contributed by atoms with Gasteiger partial charge in [0.25, 0.3) is 0 Å². The molecule has 0 bridgehead atoms. The van der Waals surface area contributed by atoms with Crippen molar-refractivity contribution in [2.75, 3.05) is 41.0 Å². The number of aromatic nitrogens is 1.